The predicted molar refractivity (Wildman–Crippen MR) is 92.8 cm³/mol. The van der Waals surface area contributed by atoms with Crippen molar-refractivity contribution in [2.75, 3.05) is 39.9 Å². The third-order valence-corrected chi connectivity index (χ3v) is 4.27. The summed E-state index contributed by atoms with van der Waals surface area (Å²) in [6, 6.07) is 7.49. The van der Waals surface area contributed by atoms with Crippen molar-refractivity contribution in [3.05, 3.63) is 36.0 Å². The van der Waals surface area contributed by atoms with Gasteiger partial charge in [0.25, 0.3) is 5.91 Å². The number of para-hydroxylation sites is 1. The molecule has 0 N–H and O–H groups in total. The number of carbonyl (C=O) groups excluding carboxylic acids is 2. The second-order valence-corrected chi connectivity index (χ2v) is 5.70. The van der Waals surface area contributed by atoms with Gasteiger partial charge in [-0.3, -0.25) is 9.78 Å². The van der Waals surface area contributed by atoms with Gasteiger partial charge in [-0.2, -0.15) is 0 Å². The first-order valence-electron chi connectivity index (χ1n) is 8.28. The lowest BCUT2D eigenvalue weighted by atomic mass is 10.1. The molecule has 0 aliphatic carbocycles. The standard InChI is InChI=1S/C18H21N3O4/c1-3-25-18(23)21-10-8-20(9-11-21)17(22)16-13-6-4-5-7-14(13)19-12-15(16)24-2/h4-7,12H,3,8-11H2,1-2H3. The molecule has 2 amide bonds. The molecule has 25 heavy (non-hydrogen) atoms. The third-order valence-electron chi connectivity index (χ3n) is 4.27. The number of fused-ring (bicyclic) bond motifs is 1. The van der Waals surface area contributed by atoms with Crippen molar-refractivity contribution in [3.8, 4) is 5.75 Å². The number of hydrogen-bond acceptors (Lipinski definition) is 5. The molecule has 0 saturated carbocycles. The zero-order valence-corrected chi connectivity index (χ0v) is 14.4. The summed E-state index contributed by atoms with van der Waals surface area (Å²) in [5, 5.41) is 0.764. The zero-order chi connectivity index (χ0) is 17.8. The number of piperazine rings is 1. The number of amides is 2. The summed E-state index contributed by atoms with van der Waals surface area (Å²) in [5.41, 5.74) is 1.26. The number of aromatic nitrogens is 1. The van der Waals surface area contributed by atoms with Crippen molar-refractivity contribution in [3.63, 3.8) is 0 Å². The maximum Gasteiger partial charge on any atom is 0.409 e. The minimum Gasteiger partial charge on any atom is -0.494 e. The minimum absolute atomic E-state index is 0.112. The van der Waals surface area contributed by atoms with E-state index in [0.29, 0.717) is 44.1 Å². The van der Waals surface area contributed by atoms with Crippen LogP contribution < -0.4 is 4.74 Å². The highest BCUT2D eigenvalue weighted by Crippen LogP contribution is 2.27. The fourth-order valence-corrected chi connectivity index (χ4v) is 2.96. The maximum atomic E-state index is 13.1. The van der Waals surface area contributed by atoms with Gasteiger partial charge in [0.15, 0.2) is 5.75 Å². The lowest BCUT2D eigenvalue weighted by Crippen LogP contribution is -2.50. The van der Waals surface area contributed by atoms with Crippen molar-refractivity contribution in [1.29, 1.82) is 0 Å². The number of pyridine rings is 1. The van der Waals surface area contributed by atoms with Crippen LogP contribution in [0.3, 0.4) is 0 Å². The average Bonchev–Trinajstić information content (AvgIpc) is 2.66. The zero-order valence-electron chi connectivity index (χ0n) is 14.4. The number of methoxy groups -OCH3 is 1. The minimum atomic E-state index is -0.332. The molecule has 7 nitrogen and oxygen atoms in total. The molecular weight excluding hydrogens is 322 g/mol. The SMILES string of the molecule is CCOC(=O)N1CCN(C(=O)c2c(OC)cnc3ccccc23)CC1. The first-order valence-corrected chi connectivity index (χ1v) is 8.28. The van der Waals surface area contributed by atoms with E-state index >= 15 is 0 Å². The first kappa shape index (κ1) is 17.0. The van der Waals surface area contributed by atoms with Crippen molar-refractivity contribution in [2.24, 2.45) is 0 Å². The van der Waals surface area contributed by atoms with Crippen molar-refractivity contribution in [2.45, 2.75) is 6.92 Å². The number of benzene rings is 1. The molecule has 1 aromatic carbocycles. The lowest BCUT2D eigenvalue weighted by Gasteiger charge is -2.34. The van der Waals surface area contributed by atoms with E-state index in [9.17, 15) is 9.59 Å². The van der Waals surface area contributed by atoms with Crippen molar-refractivity contribution < 1.29 is 19.1 Å². The van der Waals surface area contributed by atoms with Gasteiger partial charge in [-0.1, -0.05) is 18.2 Å². The van der Waals surface area contributed by atoms with Gasteiger partial charge in [0.1, 0.15) is 0 Å². The molecule has 1 saturated heterocycles. The topological polar surface area (TPSA) is 72.0 Å². The molecule has 0 spiro atoms. The number of ether oxygens (including phenoxy) is 2. The van der Waals surface area contributed by atoms with Crippen LogP contribution >= 0.6 is 0 Å². The lowest BCUT2D eigenvalue weighted by molar-refractivity contribution is 0.0569. The van der Waals surface area contributed by atoms with Crippen molar-refractivity contribution >= 4 is 22.9 Å². The maximum absolute atomic E-state index is 13.1. The second kappa shape index (κ2) is 7.38. The van der Waals surface area contributed by atoms with Gasteiger partial charge < -0.3 is 19.3 Å². The monoisotopic (exact) mass is 343 g/mol. The van der Waals surface area contributed by atoms with Gasteiger partial charge in [-0.15, -0.1) is 0 Å². The summed E-state index contributed by atoms with van der Waals surface area (Å²) in [6.07, 6.45) is 1.24. The average molecular weight is 343 g/mol. The van der Waals surface area contributed by atoms with Gasteiger partial charge in [0.2, 0.25) is 0 Å². The molecule has 2 heterocycles. The first-order chi connectivity index (χ1) is 12.2. The molecule has 0 radical (unpaired) electrons. The van der Waals surface area contributed by atoms with Crippen LogP contribution in [0.4, 0.5) is 4.79 Å². The van der Waals surface area contributed by atoms with Crippen molar-refractivity contribution in [1.82, 2.24) is 14.8 Å². The van der Waals surface area contributed by atoms with Gasteiger partial charge in [-0.05, 0) is 13.0 Å². The summed E-state index contributed by atoms with van der Waals surface area (Å²) < 4.78 is 10.4. The highest BCUT2D eigenvalue weighted by atomic mass is 16.6. The normalized spacial score (nSPS) is 14.5. The molecular formula is C18H21N3O4. The van der Waals surface area contributed by atoms with E-state index in [1.807, 2.05) is 24.3 Å². The van der Waals surface area contributed by atoms with Gasteiger partial charge in [-0.25, -0.2) is 4.79 Å². The van der Waals surface area contributed by atoms with Crippen LogP contribution in [-0.4, -0.2) is 66.7 Å². The van der Waals surface area contributed by atoms with E-state index in [2.05, 4.69) is 4.98 Å². The Kier molecular flexibility index (Phi) is 5.02. The Morgan fingerprint density at radius 2 is 1.80 bits per heavy atom. The van der Waals surface area contributed by atoms with E-state index in [4.69, 9.17) is 9.47 Å². The molecule has 0 bridgehead atoms. The summed E-state index contributed by atoms with van der Waals surface area (Å²) in [5.74, 6) is 0.343. The molecule has 1 aliphatic rings. The molecule has 0 atom stereocenters. The molecule has 1 aromatic heterocycles. The van der Waals surface area contributed by atoms with Crippen LogP contribution in [0.25, 0.3) is 10.9 Å². The molecule has 7 heteroatoms. The Hall–Kier alpha value is -2.83. The van der Waals surface area contributed by atoms with Crippen LogP contribution in [0.2, 0.25) is 0 Å². The summed E-state index contributed by atoms with van der Waals surface area (Å²) in [4.78, 5) is 32.6. The Balaban J connectivity index is 1.83. The number of nitrogens with zero attached hydrogens (tertiary/aromatic N) is 3. The molecule has 3 rings (SSSR count). The highest BCUT2D eigenvalue weighted by Gasteiger charge is 2.28. The van der Waals surface area contributed by atoms with E-state index in [-0.39, 0.29) is 12.0 Å². The Bertz CT molecular complexity index is 785. The molecule has 0 unspecified atom stereocenters. The summed E-state index contributed by atoms with van der Waals surface area (Å²) >= 11 is 0. The molecule has 2 aromatic rings. The van der Waals surface area contributed by atoms with E-state index < -0.39 is 0 Å². The van der Waals surface area contributed by atoms with Crippen LogP contribution in [0.15, 0.2) is 30.5 Å². The molecule has 1 aliphatic heterocycles. The predicted octanol–water partition coefficient (Wildman–Crippen LogP) is 2.16. The second-order valence-electron chi connectivity index (χ2n) is 5.70. The number of rotatable bonds is 3. The van der Waals surface area contributed by atoms with Crippen LogP contribution in [0.5, 0.6) is 5.75 Å². The number of carbonyl (C=O) groups is 2. The Morgan fingerprint density at radius 1 is 1.12 bits per heavy atom. The van der Waals surface area contributed by atoms with Gasteiger partial charge in [0, 0.05) is 31.6 Å². The number of hydrogen-bond donors (Lipinski definition) is 0. The van der Waals surface area contributed by atoms with Gasteiger partial charge in [0.05, 0.1) is 31.0 Å². The smallest absolute Gasteiger partial charge is 0.409 e. The largest absolute Gasteiger partial charge is 0.494 e. The van der Waals surface area contributed by atoms with Crippen LogP contribution in [0, 0.1) is 0 Å². The molecule has 1 fully saturated rings. The van der Waals surface area contributed by atoms with E-state index in [1.54, 1.807) is 22.9 Å². The quantitative estimate of drug-likeness (QED) is 0.854. The van der Waals surface area contributed by atoms with Crippen LogP contribution in [0.1, 0.15) is 17.3 Å². The Labute approximate surface area is 146 Å². The van der Waals surface area contributed by atoms with Gasteiger partial charge >= 0.3 is 6.09 Å². The highest BCUT2D eigenvalue weighted by molar-refractivity contribution is 6.08. The third kappa shape index (κ3) is 3.35. The molecule has 132 valence electrons. The van der Waals surface area contributed by atoms with E-state index in [0.717, 1.165) is 10.9 Å². The van der Waals surface area contributed by atoms with E-state index in [1.165, 1.54) is 7.11 Å². The summed E-state index contributed by atoms with van der Waals surface area (Å²) in [7, 11) is 1.53. The fourth-order valence-electron chi connectivity index (χ4n) is 2.96. The fraction of sp³-hybridized carbons (Fsp3) is 0.389. The van der Waals surface area contributed by atoms with Crippen LogP contribution in [-0.2, 0) is 4.74 Å². The summed E-state index contributed by atoms with van der Waals surface area (Å²) in [6.45, 7) is 3.94. The Morgan fingerprint density at radius 3 is 2.48 bits per heavy atom.